The number of quaternary nitrogens is 1. The minimum atomic E-state index is -4.65. The highest BCUT2D eigenvalue weighted by Crippen LogP contribution is 2.38. The normalized spacial score (nSPS) is 14.4. The smallest absolute Gasteiger partial charge is 0.306 e. The van der Waals surface area contributed by atoms with Crippen LogP contribution in [0.1, 0.15) is 187 Å². The van der Waals surface area contributed by atoms with Gasteiger partial charge in [-0.15, -0.1) is 0 Å². The lowest BCUT2D eigenvalue weighted by Crippen LogP contribution is -2.37. The predicted molar refractivity (Wildman–Crippen MR) is 233 cm³/mol. The molecule has 0 amide bonds. The molecule has 0 aromatic heterocycles. The average Bonchev–Trinajstić information content (AvgIpc) is 3.15. The van der Waals surface area contributed by atoms with E-state index in [0.29, 0.717) is 23.9 Å². The zero-order chi connectivity index (χ0) is 42.3. The Morgan fingerprint density at radius 2 is 1.18 bits per heavy atom. The van der Waals surface area contributed by atoms with Crippen LogP contribution in [0, 0.1) is 0 Å². The van der Waals surface area contributed by atoms with Crippen LogP contribution in [0.5, 0.6) is 0 Å². The molecule has 10 nitrogen and oxygen atoms in total. The molecule has 0 fully saturated rings. The quantitative estimate of drug-likeness (QED) is 0.0160. The number of aliphatic hydroxyl groups is 1. The topological polar surface area (TPSA) is 131 Å². The number of ether oxygens (including phenoxy) is 2. The van der Waals surface area contributed by atoms with Crippen LogP contribution >= 0.6 is 7.82 Å². The molecule has 3 atom stereocenters. The lowest BCUT2D eigenvalue weighted by atomic mass is 10.0. The second kappa shape index (κ2) is 38.4. The summed E-state index contributed by atoms with van der Waals surface area (Å²) in [4.78, 5) is 37.5. The third-order valence-corrected chi connectivity index (χ3v) is 10.7. The summed E-state index contributed by atoms with van der Waals surface area (Å²) < 4.78 is 33.8. The summed E-state index contributed by atoms with van der Waals surface area (Å²) in [5.41, 5.74) is 0. The van der Waals surface area contributed by atoms with Crippen molar-refractivity contribution in [1.82, 2.24) is 0 Å². The number of carbonyl (C=O) groups excluding carboxylic acids is 2. The largest absolute Gasteiger partial charge is 0.756 e. The van der Waals surface area contributed by atoms with Gasteiger partial charge in [0.05, 0.1) is 33.9 Å². The van der Waals surface area contributed by atoms with Crippen molar-refractivity contribution in [1.29, 1.82) is 0 Å². The Morgan fingerprint density at radius 3 is 1.74 bits per heavy atom. The van der Waals surface area contributed by atoms with Crippen molar-refractivity contribution in [2.75, 3.05) is 47.5 Å². The van der Waals surface area contributed by atoms with Crippen LogP contribution in [0.15, 0.2) is 36.5 Å². The third kappa shape index (κ3) is 42.1. The van der Waals surface area contributed by atoms with E-state index in [-0.39, 0.29) is 26.1 Å². The van der Waals surface area contributed by atoms with E-state index in [1.807, 2.05) is 57.6 Å². The van der Waals surface area contributed by atoms with Crippen LogP contribution in [0.2, 0.25) is 0 Å². The molecule has 0 bridgehead atoms. The molecule has 0 aromatic rings. The number of hydrogen-bond donors (Lipinski definition) is 1. The second-order valence-corrected chi connectivity index (χ2v) is 18.0. The Labute approximate surface area is 349 Å². The summed E-state index contributed by atoms with van der Waals surface area (Å²) in [7, 11) is 1.10. The Morgan fingerprint density at radius 1 is 0.649 bits per heavy atom. The van der Waals surface area contributed by atoms with Gasteiger partial charge in [0.15, 0.2) is 6.10 Å². The second-order valence-electron chi connectivity index (χ2n) is 16.6. The maximum atomic E-state index is 12.7. The zero-order valence-electron chi connectivity index (χ0n) is 37.1. The molecule has 0 aliphatic heterocycles. The van der Waals surface area contributed by atoms with Crippen LogP contribution < -0.4 is 4.89 Å². The van der Waals surface area contributed by atoms with Gasteiger partial charge in [0, 0.05) is 12.8 Å². The maximum absolute atomic E-state index is 12.7. The van der Waals surface area contributed by atoms with Gasteiger partial charge in [0.25, 0.3) is 7.82 Å². The van der Waals surface area contributed by atoms with E-state index in [0.717, 1.165) is 38.5 Å². The van der Waals surface area contributed by atoms with Gasteiger partial charge < -0.3 is 33.0 Å². The zero-order valence-corrected chi connectivity index (χ0v) is 38.0. The van der Waals surface area contributed by atoms with Crippen LogP contribution in [0.4, 0.5) is 0 Å². The Hall–Kier alpha value is -1.81. The van der Waals surface area contributed by atoms with Gasteiger partial charge in [-0.1, -0.05) is 179 Å². The van der Waals surface area contributed by atoms with Gasteiger partial charge in [-0.2, -0.15) is 0 Å². The Balaban J connectivity index is 4.48. The summed E-state index contributed by atoms with van der Waals surface area (Å²) in [5, 5.41) is 10.1. The highest BCUT2D eigenvalue weighted by molar-refractivity contribution is 7.45. The van der Waals surface area contributed by atoms with Crippen LogP contribution in [-0.2, 0) is 32.7 Å². The van der Waals surface area contributed by atoms with Crippen molar-refractivity contribution in [2.45, 2.75) is 199 Å². The predicted octanol–water partition coefficient (Wildman–Crippen LogP) is 11.3. The number of nitrogens with zero attached hydrogens (tertiary/aromatic N) is 1. The fourth-order valence-corrected chi connectivity index (χ4v) is 6.86. The van der Waals surface area contributed by atoms with Gasteiger partial charge in [0.1, 0.15) is 19.8 Å². The van der Waals surface area contributed by atoms with Crippen molar-refractivity contribution >= 4 is 19.8 Å². The van der Waals surface area contributed by atoms with E-state index in [9.17, 15) is 24.2 Å². The number of esters is 2. The van der Waals surface area contributed by atoms with E-state index in [4.69, 9.17) is 18.5 Å². The third-order valence-electron chi connectivity index (χ3n) is 9.77. The number of carbonyl (C=O) groups is 2. The van der Waals surface area contributed by atoms with Gasteiger partial charge in [-0.3, -0.25) is 14.2 Å². The highest BCUT2D eigenvalue weighted by atomic mass is 31.2. The van der Waals surface area contributed by atoms with Gasteiger partial charge in [0.2, 0.25) is 0 Å². The minimum Gasteiger partial charge on any atom is -0.756 e. The first-order chi connectivity index (χ1) is 27.4. The molecular weight excluding hydrogens is 741 g/mol. The average molecular weight is 828 g/mol. The molecule has 0 heterocycles. The molecule has 3 unspecified atom stereocenters. The van der Waals surface area contributed by atoms with E-state index in [2.05, 4.69) is 13.8 Å². The number of phosphoric acid groups is 1. The lowest BCUT2D eigenvalue weighted by Gasteiger charge is -2.28. The molecule has 0 spiro atoms. The standard InChI is InChI=1S/C46H86NO9P/c1-6-8-10-12-14-15-16-17-18-19-20-21-25-29-33-37-45(49)53-41-44(42-55-57(51,52)54-40-39-47(3,4)5)56-46(50)38-34-30-26-23-22-24-28-32-36-43(48)35-31-27-13-11-9-7-2/h23-24,26,28,32,36,43-44,48H,6-22,25,27,29-31,33-35,37-42H2,1-5H3/b26-23-,28-24-,36-32-. The monoisotopic (exact) mass is 828 g/mol. The minimum absolute atomic E-state index is 0.0502. The van der Waals surface area contributed by atoms with Gasteiger partial charge in [-0.05, 0) is 32.1 Å². The fraction of sp³-hybridized carbons (Fsp3) is 0.826. The summed E-state index contributed by atoms with van der Waals surface area (Å²) in [6.45, 7) is 4.08. The van der Waals surface area contributed by atoms with E-state index < -0.39 is 38.6 Å². The van der Waals surface area contributed by atoms with Crippen molar-refractivity contribution < 1.29 is 47.2 Å². The molecule has 1 N–H and O–H groups in total. The highest BCUT2D eigenvalue weighted by Gasteiger charge is 2.21. The van der Waals surface area contributed by atoms with E-state index in [1.54, 1.807) is 0 Å². The molecule has 334 valence electrons. The number of likely N-dealkylation sites (N-methyl/N-ethyl adjacent to an activating group) is 1. The Bertz CT molecular complexity index is 1090. The number of unbranched alkanes of at least 4 members (excludes halogenated alkanes) is 20. The number of aliphatic hydroxyl groups excluding tert-OH is 1. The number of hydrogen-bond acceptors (Lipinski definition) is 9. The van der Waals surface area contributed by atoms with Crippen molar-refractivity contribution in [2.24, 2.45) is 0 Å². The molecule has 0 radical (unpaired) electrons. The summed E-state index contributed by atoms with van der Waals surface area (Å²) in [6, 6.07) is 0. The molecule has 0 aromatic carbocycles. The van der Waals surface area contributed by atoms with Gasteiger partial charge >= 0.3 is 11.9 Å². The summed E-state index contributed by atoms with van der Waals surface area (Å²) >= 11 is 0. The van der Waals surface area contributed by atoms with Crippen molar-refractivity contribution in [3.8, 4) is 0 Å². The number of allylic oxidation sites excluding steroid dienone is 5. The van der Waals surface area contributed by atoms with Crippen LogP contribution in [0.25, 0.3) is 0 Å². The van der Waals surface area contributed by atoms with Gasteiger partial charge in [-0.25, -0.2) is 0 Å². The molecular formula is C46H86NO9P. The Kier molecular flexibility index (Phi) is 37.2. The van der Waals surface area contributed by atoms with E-state index in [1.165, 1.54) is 109 Å². The van der Waals surface area contributed by atoms with Crippen LogP contribution in [-0.4, -0.2) is 81.2 Å². The first-order valence-corrected chi connectivity index (χ1v) is 24.3. The SMILES string of the molecule is CCCCCCCCCCCCCCCCCC(=O)OCC(COP(=O)([O-])OCC[N+](C)(C)C)OC(=O)CCC/C=C\C/C=C\C=C/C(O)CCCCCCCC. The molecule has 0 aliphatic carbocycles. The fourth-order valence-electron chi connectivity index (χ4n) is 6.13. The van der Waals surface area contributed by atoms with E-state index >= 15 is 0 Å². The molecule has 11 heteroatoms. The molecule has 57 heavy (non-hydrogen) atoms. The summed E-state index contributed by atoms with van der Waals surface area (Å²) in [5.74, 6) is -0.930. The van der Waals surface area contributed by atoms with Crippen molar-refractivity contribution in [3.05, 3.63) is 36.5 Å². The first-order valence-electron chi connectivity index (χ1n) is 22.8. The number of phosphoric ester groups is 1. The maximum Gasteiger partial charge on any atom is 0.306 e. The first kappa shape index (κ1) is 55.2. The molecule has 0 aliphatic rings. The molecule has 0 rings (SSSR count). The van der Waals surface area contributed by atoms with Crippen LogP contribution in [0.3, 0.4) is 0 Å². The molecule has 0 saturated heterocycles. The molecule has 0 saturated carbocycles. The summed E-state index contributed by atoms with van der Waals surface area (Å²) in [6.07, 6.45) is 39.1. The van der Waals surface area contributed by atoms with Crippen molar-refractivity contribution in [3.63, 3.8) is 0 Å². The lowest BCUT2D eigenvalue weighted by molar-refractivity contribution is -0.870. The number of rotatable bonds is 41.